The zero-order chi connectivity index (χ0) is 14.3. The van der Waals surface area contributed by atoms with E-state index in [4.69, 9.17) is 4.74 Å². The number of halogens is 1. The lowest BCUT2D eigenvalue weighted by molar-refractivity contribution is -0.140. The van der Waals surface area contributed by atoms with Crippen LogP contribution in [0.3, 0.4) is 0 Å². The summed E-state index contributed by atoms with van der Waals surface area (Å²) in [6.07, 6.45) is 3.36. The Morgan fingerprint density at radius 2 is 1.85 bits per heavy atom. The molecule has 0 heterocycles. The van der Waals surface area contributed by atoms with Crippen molar-refractivity contribution >= 4 is 35.9 Å². The second kappa shape index (κ2) is 16.5. The Morgan fingerprint density at radius 3 is 2.45 bits per heavy atom. The van der Waals surface area contributed by atoms with Gasteiger partial charge in [0.15, 0.2) is 5.96 Å². The monoisotopic (exact) mass is 401 g/mol. The molecule has 0 aromatic carbocycles. The van der Waals surface area contributed by atoms with Crippen LogP contribution in [-0.2, 0) is 14.3 Å². The number of methoxy groups -OCH3 is 1. The molecule has 0 saturated carbocycles. The molecule has 0 aromatic rings. The van der Waals surface area contributed by atoms with Crippen molar-refractivity contribution in [3.8, 4) is 0 Å². The lowest BCUT2D eigenvalue weighted by Gasteiger charge is -2.11. The highest BCUT2D eigenvalue weighted by Crippen LogP contribution is 1.99. The molecule has 0 rings (SSSR count). The van der Waals surface area contributed by atoms with Crippen molar-refractivity contribution < 1.29 is 14.3 Å². The third-order valence-corrected chi connectivity index (χ3v) is 2.54. The van der Waals surface area contributed by atoms with Crippen molar-refractivity contribution in [1.82, 2.24) is 10.6 Å². The zero-order valence-corrected chi connectivity index (χ0v) is 15.1. The lowest BCUT2D eigenvalue weighted by Crippen LogP contribution is -2.39. The fourth-order valence-electron chi connectivity index (χ4n) is 1.49. The summed E-state index contributed by atoms with van der Waals surface area (Å²) in [6, 6.07) is 0. The zero-order valence-electron chi connectivity index (χ0n) is 12.7. The van der Waals surface area contributed by atoms with Gasteiger partial charge >= 0.3 is 5.97 Å². The highest BCUT2D eigenvalue weighted by Gasteiger charge is 2.00. The summed E-state index contributed by atoms with van der Waals surface area (Å²) in [6.45, 7) is 4.97. The summed E-state index contributed by atoms with van der Waals surface area (Å²) < 4.78 is 9.81. The Bertz CT molecular complexity index is 263. The third-order valence-electron chi connectivity index (χ3n) is 2.54. The van der Waals surface area contributed by atoms with E-state index >= 15 is 0 Å². The smallest absolute Gasteiger partial charge is 0.305 e. The SMILES string of the molecule is CCOCCNC(=NC)NCCCCCC(=O)OC.I. The van der Waals surface area contributed by atoms with E-state index < -0.39 is 0 Å². The van der Waals surface area contributed by atoms with E-state index in [0.717, 1.165) is 44.9 Å². The van der Waals surface area contributed by atoms with E-state index in [9.17, 15) is 4.79 Å². The summed E-state index contributed by atoms with van der Waals surface area (Å²) in [5.74, 6) is 0.647. The van der Waals surface area contributed by atoms with Gasteiger partial charge in [0.1, 0.15) is 0 Å². The molecular formula is C13H28IN3O3. The number of nitrogens with zero attached hydrogens (tertiary/aromatic N) is 1. The topological polar surface area (TPSA) is 72.0 Å². The molecule has 0 spiro atoms. The van der Waals surface area contributed by atoms with Gasteiger partial charge in [0.2, 0.25) is 0 Å². The summed E-state index contributed by atoms with van der Waals surface area (Å²) in [4.78, 5) is 15.0. The Hall–Kier alpha value is -0.570. The van der Waals surface area contributed by atoms with E-state index in [2.05, 4.69) is 20.4 Å². The van der Waals surface area contributed by atoms with Crippen molar-refractivity contribution in [2.45, 2.75) is 32.6 Å². The molecule has 0 bridgehead atoms. The molecule has 20 heavy (non-hydrogen) atoms. The number of nitrogens with one attached hydrogen (secondary N) is 2. The molecule has 120 valence electrons. The van der Waals surface area contributed by atoms with E-state index in [1.165, 1.54) is 7.11 Å². The molecule has 6 nitrogen and oxygen atoms in total. The van der Waals surface area contributed by atoms with Crippen molar-refractivity contribution in [2.75, 3.05) is 40.5 Å². The Morgan fingerprint density at radius 1 is 1.15 bits per heavy atom. The second-order valence-electron chi connectivity index (χ2n) is 4.01. The minimum Gasteiger partial charge on any atom is -0.469 e. The first-order chi connectivity index (χ1) is 9.24. The number of esters is 1. The fraction of sp³-hybridized carbons (Fsp3) is 0.846. The number of guanidine groups is 1. The maximum absolute atomic E-state index is 10.9. The van der Waals surface area contributed by atoms with Crippen molar-refractivity contribution in [3.63, 3.8) is 0 Å². The van der Waals surface area contributed by atoms with Gasteiger partial charge in [0.05, 0.1) is 13.7 Å². The van der Waals surface area contributed by atoms with Crippen molar-refractivity contribution in [2.24, 2.45) is 4.99 Å². The molecule has 7 heteroatoms. The van der Waals surface area contributed by atoms with Crippen LogP contribution in [0, 0.1) is 0 Å². The van der Waals surface area contributed by atoms with Gasteiger partial charge in [-0.15, -0.1) is 24.0 Å². The molecule has 0 fully saturated rings. The quantitative estimate of drug-likeness (QED) is 0.191. The van der Waals surface area contributed by atoms with Crippen LogP contribution in [0.5, 0.6) is 0 Å². The first-order valence-electron chi connectivity index (χ1n) is 6.83. The van der Waals surface area contributed by atoms with Gasteiger partial charge in [-0.05, 0) is 19.8 Å². The van der Waals surface area contributed by atoms with E-state index in [1.54, 1.807) is 7.05 Å². The van der Waals surface area contributed by atoms with Crippen molar-refractivity contribution in [1.29, 1.82) is 0 Å². The fourth-order valence-corrected chi connectivity index (χ4v) is 1.49. The van der Waals surface area contributed by atoms with Gasteiger partial charge in [-0.25, -0.2) is 0 Å². The predicted molar refractivity (Wildman–Crippen MR) is 91.8 cm³/mol. The highest BCUT2D eigenvalue weighted by molar-refractivity contribution is 14.0. The van der Waals surface area contributed by atoms with Crippen LogP contribution >= 0.6 is 24.0 Å². The van der Waals surface area contributed by atoms with Crippen LogP contribution in [-0.4, -0.2) is 52.4 Å². The maximum Gasteiger partial charge on any atom is 0.305 e. The molecule has 0 radical (unpaired) electrons. The minimum atomic E-state index is -0.138. The van der Waals surface area contributed by atoms with Crippen molar-refractivity contribution in [3.05, 3.63) is 0 Å². The van der Waals surface area contributed by atoms with Crippen LogP contribution in [0.25, 0.3) is 0 Å². The summed E-state index contributed by atoms with van der Waals surface area (Å²) in [5, 5.41) is 6.38. The first-order valence-corrected chi connectivity index (χ1v) is 6.83. The Labute approximate surface area is 139 Å². The number of ether oxygens (including phenoxy) is 2. The van der Waals surface area contributed by atoms with E-state index in [0.29, 0.717) is 13.0 Å². The maximum atomic E-state index is 10.9. The summed E-state index contributed by atoms with van der Waals surface area (Å²) in [7, 11) is 3.16. The molecular weight excluding hydrogens is 373 g/mol. The number of unbranched alkanes of at least 4 members (excludes halogenated alkanes) is 2. The molecule has 0 aromatic heterocycles. The number of aliphatic imine (C=N–C) groups is 1. The molecule has 0 amide bonds. The number of rotatable bonds is 10. The van der Waals surface area contributed by atoms with Gasteiger partial charge in [-0.1, -0.05) is 6.42 Å². The van der Waals surface area contributed by atoms with Gasteiger partial charge in [-0.2, -0.15) is 0 Å². The Balaban J connectivity index is 0. The predicted octanol–water partition coefficient (Wildman–Crippen LogP) is 1.54. The van der Waals surface area contributed by atoms with Crippen LogP contribution in [0.2, 0.25) is 0 Å². The molecule has 0 unspecified atom stereocenters. The third kappa shape index (κ3) is 13.9. The average Bonchev–Trinajstić information content (AvgIpc) is 2.44. The highest BCUT2D eigenvalue weighted by atomic mass is 127. The minimum absolute atomic E-state index is 0. The van der Waals surface area contributed by atoms with E-state index in [-0.39, 0.29) is 29.9 Å². The molecule has 0 aliphatic rings. The number of carbonyl (C=O) groups is 1. The largest absolute Gasteiger partial charge is 0.469 e. The van der Waals surface area contributed by atoms with Crippen LogP contribution in [0.1, 0.15) is 32.6 Å². The molecule has 0 atom stereocenters. The van der Waals surface area contributed by atoms with Gasteiger partial charge in [-0.3, -0.25) is 9.79 Å². The number of hydrogen-bond donors (Lipinski definition) is 2. The average molecular weight is 401 g/mol. The summed E-state index contributed by atoms with van der Waals surface area (Å²) in [5.41, 5.74) is 0. The molecule has 2 N–H and O–H groups in total. The van der Waals surface area contributed by atoms with Gasteiger partial charge in [0, 0.05) is 33.2 Å². The van der Waals surface area contributed by atoms with Gasteiger partial charge < -0.3 is 20.1 Å². The summed E-state index contributed by atoms with van der Waals surface area (Å²) >= 11 is 0. The van der Waals surface area contributed by atoms with E-state index in [1.807, 2.05) is 6.92 Å². The lowest BCUT2D eigenvalue weighted by atomic mass is 10.2. The number of carbonyl (C=O) groups excluding carboxylic acids is 1. The molecule has 0 aliphatic heterocycles. The molecule has 0 saturated heterocycles. The van der Waals surface area contributed by atoms with Gasteiger partial charge in [0.25, 0.3) is 0 Å². The standard InChI is InChI=1S/C13H27N3O3.HI/c1-4-19-11-10-16-13(14-2)15-9-7-5-6-8-12(17)18-3;/h4-11H2,1-3H3,(H2,14,15,16);1H. The normalized spacial score (nSPS) is 10.7. The second-order valence-corrected chi connectivity index (χ2v) is 4.01. The Kier molecular flexibility index (Phi) is 17.9. The van der Waals surface area contributed by atoms with Crippen LogP contribution in [0.4, 0.5) is 0 Å². The first kappa shape index (κ1) is 21.7. The van der Waals surface area contributed by atoms with Crippen LogP contribution < -0.4 is 10.6 Å². The molecule has 0 aliphatic carbocycles. The van der Waals surface area contributed by atoms with Crippen LogP contribution in [0.15, 0.2) is 4.99 Å². The number of hydrogen-bond acceptors (Lipinski definition) is 4.